The highest BCUT2D eigenvalue weighted by Gasteiger charge is 2.69. The van der Waals surface area contributed by atoms with Crippen molar-refractivity contribution in [3.63, 3.8) is 0 Å². The molecule has 6 atom stereocenters. The van der Waals surface area contributed by atoms with Gasteiger partial charge >= 0.3 is 5.97 Å². The van der Waals surface area contributed by atoms with Crippen LogP contribution in [-0.2, 0) is 23.9 Å². The number of nitrogens with zero attached hydrogens (tertiary/aromatic N) is 1. The molecule has 0 radical (unpaired) electrons. The van der Waals surface area contributed by atoms with Crippen molar-refractivity contribution in [3.8, 4) is 5.75 Å². The number of nitrogens with two attached hydrogens (primary N) is 1. The first-order chi connectivity index (χ1) is 19.9. The minimum absolute atomic E-state index is 0.00591. The number of aromatic hydroxyl groups is 1. The van der Waals surface area contributed by atoms with Crippen LogP contribution >= 0.6 is 11.8 Å². The van der Waals surface area contributed by atoms with Crippen LogP contribution < -0.4 is 5.73 Å². The van der Waals surface area contributed by atoms with Crippen LogP contribution in [-0.4, -0.2) is 91.6 Å². The molecule has 0 saturated heterocycles. The van der Waals surface area contributed by atoms with E-state index in [1.54, 1.807) is 30.8 Å². The van der Waals surface area contributed by atoms with Crippen molar-refractivity contribution in [2.45, 2.75) is 67.9 Å². The van der Waals surface area contributed by atoms with Gasteiger partial charge in [-0.2, -0.15) is 11.8 Å². The first-order valence-electron chi connectivity index (χ1n) is 14.1. The maximum absolute atomic E-state index is 14.4. The second-order valence-electron chi connectivity index (χ2n) is 11.7. The third-order valence-corrected chi connectivity index (χ3v) is 10.6. The molecule has 1 aromatic rings. The van der Waals surface area contributed by atoms with Crippen molar-refractivity contribution >= 4 is 41.0 Å². The van der Waals surface area contributed by atoms with E-state index in [1.165, 1.54) is 25.1 Å². The van der Waals surface area contributed by atoms with Crippen LogP contribution in [0.4, 0.5) is 0 Å². The SMILES string of the molecule is CCC(=O)O[C@H]1[C@H]2C(=C(O)c3c(O)cccc3[C@@H]2CSC2CCCC2)C(=O)[C@]2(O)C(O)=C(C(N)=O)C(=O)[C@@H](N(C)C)[C@H]12. The zero-order valence-corrected chi connectivity index (χ0v) is 24.5. The Bertz CT molecular complexity index is 1410. The highest BCUT2D eigenvalue weighted by atomic mass is 32.2. The van der Waals surface area contributed by atoms with E-state index in [0.717, 1.165) is 25.7 Å². The molecule has 12 heteroatoms. The molecule has 11 nitrogen and oxygen atoms in total. The van der Waals surface area contributed by atoms with E-state index in [-0.39, 0.29) is 23.3 Å². The zero-order chi connectivity index (χ0) is 30.7. The summed E-state index contributed by atoms with van der Waals surface area (Å²) in [6.07, 6.45) is 2.77. The maximum Gasteiger partial charge on any atom is 0.305 e. The Kier molecular flexibility index (Phi) is 7.92. The van der Waals surface area contributed by atoms with Gasteiger partial charge in [0.15, 0.2) is 11.4 Å². The van der Waals surface area contributed by atoms with E-state index in [0.29, 0.717) is 16.6 Å². The fourth-order valence-electron chi connectivity index (χ4n) is 7.24. The standard InChI is InChI=1S/C30H36N2O9S/c1-4-17(34)41-26-19-15(12-42-13-8-5-6-9-13)14-10-7-11-16(33)18(14)24(35)20(19)27(37)30(40)22(26)23(32(2)3)25(36)21(28(30)38)29(31)39/h7,10-11,13,15,19,22-23,26,33,35,38,40H,4-6,8-9,12H2,1-3H3,(H2,31,39)/t15-,19+,22+,23-,26-,30-/m0/s1. The van der Waals surface area contributed by atoms with Crippen molar-refractivity contribution in [3.05, 3.63) is 46.2 Å². The summed E-state index contributed by atoms with van der Waals surface area (Å²) in [5, 5.41) is 46.2. The van der Waals surface area contributed by atoms with E-state index in [9.17, 15) is 39.6 Å². The molecule has 6 N–H and O–H groups in total. The molecule has 4 aliphatic carbocycles. The van der Waals surface area contributed by atoms with E-state index in [2.05, 4.69) is 0 Å². The molecule has 42 heavy (non-hydrogen) atoms. The van der Waals surface area contributed by atoms with Crippen LogP contribution in [0, 0.1) is 11.8 Å². The molecule has 1 aromatic carbocycles. The Morgan fingerprint density at radius 3 is 2.40 bits per heavy atom. The van der Waals surface area contributed by atoms with Gasteiger partial charge in [0.25, 0.3) is 5.91 Å². The molecule has 0 aliphatic heterocycles. The number of benzene rings is 1. The summed E-state index contributed by atoms with van der Waals surface area (Å²) < 4.78 is 5.96. The van der Waals surface area contributed by atoms with Crippen LogP contribution in [0.25, 0.3) is 5.76 Å². The predicted molar refractivity (Wildman–Crippen MR) is 154 cm³/mol. The van der Waals surface area contributed by atoms with Crippen molar-refractivity contribution in [1.82, 2.24) is 4.90 Å². The number of hydrogen-bond acceptors (Lipinski definition) is 11. The van der Waals surface area contributed by atoms with Gasteiger partial charge in [-0.1, -0.05) is 31.9 Å². The number of amides is 1. The maximum atomic E-state index is 14.4. The Morgan fingerprint density at radius 2 is 1.81 bits per heavy atom. The summed E-state index contributed by atoms with van der Waals surface area (Å²) in [5.74, 6) is -9.03. The lowest BCUT2D eigenvalue weighted by atomic mass is 9.54. The highest BCUT2D eigenvalue weighted by molar-refractivity contribution is 7.99. The quantitative estimate of drug-likeness (QED) is 0.228. The number of aliphatic hydroxyl groups is 3. The van der Waals surface area contributed by atoms with E-state index < -0.39 is 76.0 Å². The Morgan fingerprint density at radius 1 is 1.14 bits per heavy atom. The second-order valence-corrected chi connectivity index (χ2v) is 13.0. The number of esters is 1. The van der Waals surface area contributed by atoms with Crippen LogP contribution in [0.15, 0.2) is 35.1 Å². The lowest BCUT2D eigenvalue weighted by Gasteiger charge is -2.54. The number of primary amides is 1. The van der Waals surface area contributed by atoms with Gasteiger partial charge in [0.05, 0.1) is 17.5 Å². The molecule has 4 aliphatic rings. The number of carbonyl (C=O) groups excluding carboxylic acids is 4. The summed E-state index contributed by atoms with van der Waals surface area (Å²) in [6.45, 7) is 1.57. The number of aliphatic hydroxyl groups excluding tert-OH is 2. The van der Waals surface area contributed by atoms with Crippen molar-refractivity contribution in [1.29, 1.82) is 0 Å². The average molecular weight is 601 g/mol. The number of likely N-dealkylation sites (N-methyl/N-ethyl adjacent to an activating group) is 1. The molecule has 0 unspecified atom stereocenters. The topological polar surface area (TPSA) is 188 Å². The van der Waals surface area contributed by atoms with Crippen LogP contribution in [0.2, 0.25) is 0 Å². The molecule has 0 aromatic heterocycles. The fraction of sp³-hybridized carbons (Fsp3) is 0.533. The molecule has 226 valence electrons. The minimum Gasteiger partial charge on any atom is -0.508 e. The molecule has 1 amide bonds. The molecule has 5 rings (SSSR count). The zero-order valence-electron chi connectivity index (χ0n) is 23.7. The number of carbonyl (C=O) groups is 4. The third-order valence-electron chi connectivity index (χ3n) is 9.14. The number of ether oxygens (including phenoxy) is 1. The first kappa shape index (κ1) is 30.1. The van der Waals surface area contributed by atoms with E-state index >= 15 is 0 Å². The van der Waals surface area contributed by atoms with Crippen LogP contribution in [0.5, 0.6) is 5.75 Å². The monoisotopic (exact) mass is 600 g/mol. The number of thioether (sulfide) groups is 1. The van der Waals surface area contributed by atoms with E-state index in [4.69, 9.17) is 10.5 Å². The Labute approximate surface area is 247 Å². The molecule has 0 heterocycles. The minimum atomic E-state index is -2.95. The fourth-order valence-corrected chi connectivity index (χ4v) is 8.77. The van der Waals surface area contributed by atoms with Gasteiger partial charge in [-0.05, 0) is 38.6 Å². The van der Waals surface area contributed by atoms with Gasteiger partial charge in [0.2, 0.25) is 5.78 Å². The second kappa shape index (κ2) is 11.1. The number of phenols is 1. The third kappa shape index (κ3) is 4.42. The van der Waals surface area contributed by atoms with Gasteiger partial charge in [-0.15, -0.1) is 0 Å². The summed E-state index contributed by atoms with van der Waals surface area (Å²) in [5.41, 5.74) is 1.74. The van der Waals surface area contributed by atoms with Gasteiger partial charge in [0, 0.05) is 34.8 Å². The molecular weight excluding hydrogens is 564 g/mol. The molecular formula is C30H36N2O9S. The van der Waals surface area contributed by atoms with Gasteiger partial charge in [-0.3, -0.25) is 24.1 Å². The highest BCUT2D eigenvalue weighted by Crippen LogP contribution is 2.58. The summed E-state index contributed by atoms with van der Waals surface area (Å²) in [7, 11) is 3.00. The number of Topliss-reactive ketones (excluding diaryl/α,β-unsaturated/α-hetero) is 2. The summed E-state index contributed by atoms with van der Waals surface area (Å²) in [4.78, 5) is 54.7. The van der Waals surface area contributed by atoms with Crippen LogP contribution in [0.3, 0.4) is 0 Å². The number of phenolic OH excluding ortho intramolecular Hbond substituents is 1. The number of hydrogen-bond donors (Lipinski definition) is 5. The van der Waals surface area contributed by atoms with Crippen molar-refractivity contribution < 1.29 is 44.3 Å². The van der Waals surface area contributed by atoms with Crippen molar-refractivity contribution in [2.24, 2.45) is 17.6 Å². The van der Waals surface area contributed by atoms with Crippen LogP contribution in [0.1, 0.15) is 56.1 Å². The lowest BCUT2D eigenvalue weighted by molar-refractivity contribution is -0.185. The smallest absolute Gasteiger partial charge is 0.305 e. The number of ketones is 2. The Balaban J connectivity index is 1.80. The molecule has 2 fully saturated rings. The van der Waals surface area contributed by atoms with Gasteiger partial charge in [0.1, 0.15) is 28.9 Å². The molecule has 2 saturated carbocycles. The predicted octanol–water partition coefficient (Wildman–Crippen LogP) is 2.11. The molecule has 0 spiro atoms. The Hall–Kier alpha value is -3.35. The lowest BCUT2D eigenvalue weighted by Crippen LogP contribution is -2.71. The van der Waals surface area contributed by atoms with Crippen molar-refractivity contribution in [2.75, 3.05) is 19.8 Å². The largest absolute Gasteiger partial charge is 0.508 e. The normalized spacial score (nSPS) is 31.2. The van der Waals surface area contributed by atoms with Gasteiger partial charge in [-0.25, -0.2) is 0 Å². The molecule has 0 bridgehead atoms. The van der Waals surface area contributed by atoms with Gasteiger partial charge < -0.3 is 30.9 Å². The number of rotatable bonds is 7. The van der Waals surface area contributed by atoms with E-state index in [1.807, 2.05) is 0 Å². The average Bonchev–Trinajstić information content (AvgIpc) is 3.45. The number of fused-ring (bicyclic) bond motifs is 3. The summed E-state index contributed by atoms with van der Waals surface area (Å²) in [6, 6.07) is 3.31. The first-order valence-corrected chi connectivity index (χ1v) is 15.2. The summed E-state index contributed by atoms with van der Waals surface area (Å²) >= 11 is 1.69.